The van der Waals surface area contributed by atoms with Crippen molar-refractivity contribution in [3.8, 4) is 0 Å². The molecule has 0 saturated heterocycles. The van der Waals surface area contributed by atoms with E-state index < -0.39 is 7.29 Å². The number of rotatable bonds is 7. The zero-order chi connectivity index (χ0) is 20.3. The van der Waals surface area contributed by atoms with Gasteiger partial charge in [-0.15, -0.1) is 0 Å². The zero-order valence-electron chi connectivity index (χ0n) is 16.4. The van der Waals surface area contributed by atoms with Gasteiger partial charge in [0, 0.05) is 29.6 Å². The number of benzene rings is 3. The molecule has 0 radical (unpaired) electrons. The molecule has 0 heterocycles. The largest absolute Gasteiger partial charge is 0.359 e. The fourth-order valence-corrected chi connectivity index (χ4v) is 6.43. The highest BCUT2D eigenvalue weighted by Gasteiger charge is 2.49. The lowest BCUT2D eigenvalue weighted by Gasteiger charge is -2.28. The topological polar surface area (TPSA) is 58.2 Å². The molecule has 5 heteroatoms. The summed E-state index contributed by atoms with van der Waals surface area (Å²) in [6.45, 7) is 0. The van der Waals surface area contributed by atoms with Crippen molar-refractivity contribution < 1.29 is 9.36 Å². The van der Waals surface area contributed by atoms with Gasteiger partial charge in [0.05, 0.1) is 0 Å². The summed E-state index contributed by atoms with van der Waals surface area (Å²) in [6, 6.07) is 29.0. The number of nitrogens with one attached hydrogen (secondary N) is 2. The minimum Gasteiger partial charge on any atom is -0.359 e. The molecule has 1 fully saturated rings. The van der Waals surface area contributed by atoms with Gasteiger partial charge in [-0.05, 0) is 42.2 Å². The average molecular weight is 404 g/mol. The molecule has 0 bridgehead atoms. The minimum atomic E-state index is -3.11. The van der Waals surface area contributed by atoms with Crippen molar-refractivity contribution in [1.29, 1.82) is 0 Å². The molecular weight excluding hydrogens is 379 g/mol. The van der Waals surface area contributed by atoms with E-state index in [1.54, 1.807) is 7.05 Å². The Labute approximate surface area is 171 Å². The third kappa shape index (κ3) is 4.05. The first-order chi connectivity index (χ1) is 14.1. The molecule has 1 amide bonds. The van der Waals surface area contributed by atoms with Crippen molar-refractivity contribution in [3.63, 3.8) is 0 Å². The number of carbonyl (C=O) groups excluding carboxylic acids is 1. The van der Waals surface area contributed by atoms with Crippen LogP contribution in [0.1, 0.15) is 18.0 Å². The normalized spacial score (nSPS) is 19.3. The standard InChI is InChI=1S/C24H25N2O2P/c1-25-24(27)22-17-21(22)23(18-11-5-2-6-12-18)26-29(28,19-13-7-3-8-14-19)20-15-9-4-10-16-20/h2-16,21-23H,17H2,1H3,(H,25,27)(H,26,28)/t21-,22+,23-/m0/s1. The monoisotopic (exact) mass is 404 g/mol. The van der Waals surface area contributed by atoms with E-state index in [-0.39, 0.29) is 23.8 Å². The number of amides is 1. The van der Waals surface area contributed by atoms with Crippen molar-refractivity contribution in [2.45, 2.75) is 12.5 Å². The molecule has 29 heavy (non-hydrogen) atoms. The maximum absolute atomic E-state index is 14.5. The van der Waals surface area contributed by atoms with Crippen molar-refractivity contribution in [1.82, 2.24) is 10.4 Å². The molecule has 0 unspecified atom stereocenters. The summed E-state index contributed by atoms with van der Waals surface area (Å²) in [5.74, 6) is 0.0998. The smallest absolute Gasteiger partial charge is 0.223 e. The minimum absolute atomic E-state index is 0.0481. The summed E-state index contributed by atoms with van der Waals surface area (Å²) in [7, 11) is -1.44. The fraction of sp³-hybridized carbons (Fsp3) is 0.208. The molecule has 3 aromatic carbocycles. The van der Waals surface area contributed by atoms with Crippen molar-refractivity contribution in [2.75, 3.05) is 7.05 Å². The quantitative estimate of drug-likeness (QED) is 0.592. The van der Waals surface area contributed by atoms with Crippen LogP contribution in [0.3, 0.4) is 0 Å². The van der Waals surface area contributed by atoms with E-state index in [9.17, 15) is 9.36 Å². The molecule has 148 valence electrons. The molecule has 1 aliphatic carbocycles. The Bertz CT molecular complexity index is 965. The Hall–Kier alpha value is -2.68. The van der Waals surface area contributed by atoms with Gasteiger partial charge in [-0.2, -0.15) is 0 Å². The van der Waals surface area contributed by atoms with Gasteiger partial charge in [-0.3, -0.25) is 14.4 Å². The zero-order valence-corrected chi connectivity index (χ0v) is 17.3. The summed E-state index contributed by atoms with van der Waals surface area (Å²) < 4.78 is 14.5. The lowest BCUT2D eigenvalue weighted by molar-refractivity contribution is -0.122. The summed E-state index contributed by atoms with van der Waals surface area (Å²) in [5.41, 5.74) is 1.05. The Morgan fingerprint density at radius 3 is 1.83 bits per heavy atom. The molecule has 3 atom stereocenters. The highest BCUT2D eigenvalue weighted by Crippen LogP contribution is 2.52. The molecule has 4 nitrogen and oxygen atoms in total. The second-order valence-corrected chi connectivity index (χ2v) is 9.93. The Kier molecular flexibility index (Phi) is 5.66. The van der Waals surface area contributed by atoms with Crippen LogP contribution in [-0.4, -0.2) is 13.0 Å². The predicted molar refractivity (Wildman–Crippen MR) is 118 cm³/mol. The maximum Gasteiger partial charge on any atom is 0.223 e. The van der Waals surface area contributed by atoms with Crippen molar-refractivity contribution in [2.24, 2.45) is 11.8 Å². The third-order valence-corrected chi connectivity index (χ3v) is 8.26. The molecule has 0 spiro atoms. The predicted octanol–water partition coefficient (Wildman–Crippen LogP) is 3.63. The van der Waals surface area contributed by atoms with Gasteiger partial charge in [0.2, 0.25) is 13.2 Å². The van der Waals surface area contributed by atoms with Crippen molar-refractivity contribution in [3.05, 3.63) is 96.6 Å². The summed E-state index contributed by atoms with van der Waals surface area (Å²) in [4.78, 5) is 12.2. The van der Waals surface area contributed by atoms with E-state index >= 15 is 0 Å². The maximum atomic E-state index is 14.5. The fourth-order valence-electron chi connectivity index (χ4n) is 3.92. The van der Waals surface area contributed by atoms with Crippen LogP contribution in [0.2, 0.25) is 0 Å². The molecule has 3 aromatic rings. The van der Waals surface area contributed by atoms with E-state index in [0.717, 1.165) is 22.6 Å². The Balaban J connectivity index is 1.76. The van der Waals surface area contributed by atoms with Gasteiger partial charge < -0.3 is 5.32 Å². The first kappa shape index (κ1) is 19.6. The van der Waals surface area contributed by atoms with E-state index in [0.29, 0.717) is 0 Å². The van der Waals surface area contributed by atoms with Gasteiger partial charge in [-0.25, -0.2) is 0 Å². The van der Waals surface area contributed by atoms with Crippen LogP contribution in [-0.2, 0) is 9.36 Å². The Morgan fingerprint density at radius 2 is 1.34 bits per heavy atom. The average Bonchev–Trinajstić information content (AvgIpc) is 3.59. The molecule has 1 aliphatic rings. The Morgan fingerprint density at radius 1 is 0.862 bits per heavy atom. The molecule has 0 aromatic heterocycles. The molecule has 1 saturated carbocycles. The van der Waals surface area contributed by atoms with E-state index in [1.807, 2.05) is 91.0 Å². The molecular formula is C24H25N2O2P. The number of hydrogen-bond donors (Lipinski definition) is 2. The molecule has 4 rings (SSSR count). The van der Waals surface area contributed by atoms with Crippen LogP contribution < -0.4 is 21.0 Å². The van der Waals surface area contributed by atoms with E-state index in [4.69, 9.17) is 0 Å². The first-order valence-corrected chi connectivity index (χ1v) is 11.6. The van der Waals surface area contributed by atoms with Crippen LogP contribution >= 0.6 is 7.29 Å². The molecule has 2 N–H and O–H groups in total. The highest BCUT2D eigenvalue weighted by molar-refractivity contribution is 7.76. The van der Waals surface area contributed by atoms with E-state index in [2.05, 4.69) is 10.4 Å². The number of hydrogen-bond acceptors (Lipinski definition) is 2. The SMILES string of the molecule is CNC(=O)[C@@H]1C[C@@H]1[C@@H](NP(=O)(c1ccccc1)c1ccccc1)c1ccccc1. The van der Waals surface area contributed by atoms with Crippen LogP contribution in [0.25, 0.3) is 0 Å². The lowest BCUT2D eigenvalue weighted by Crippen LogP contribution is -2.32. The second-order valence-electron chi connectivity index (χ2n) is 7.42. The third-order valence-electron chi connectivity index (χ3n) is 5.57. The van der Waals surface area contributed by atoms with Crippen LogP contribution in [0, 0.1) is 11.8 Å². The van der Waals surface area contributed by atoms with Crippen LogP contribution in [0.4, 0.5) is 0 Å². The summed E-state index contributed by atoms with van der Waals surface area (Å²) in [6.07, 6.45) is 0.788. The van der Waals surface area contributed by atoms with Gasteiger partial charge in [0.25, 0.3) is 0 Å². The van der Waals surface area contributed by atoms with Crippen LogP contribution in [0.5, 0.6) is 0 Å². The van der Waals surface area contributed by atoms with Gasteiger partial charge in [0.15, 0.2) is 0 Å². The summed E-state index contributed by atoms with van der Waals surface area (Å²) >= 11 is 0. The summed E-state index contributed by atoms with van der Waals surface area (Å²) in [5, 5.41) is 7.82. The number of carbonyl (C=O) groups is 1. The first-order valence-electron chi connectivity index (χ1n) is 9.89. The van der Waals surface area contributed by atoms with Gasteiger partial charge in [-0.1, -0.05) is 66.7 Å². The van der Waals surface area contributed by atoms with Gasteiger partial charge >= 0.3 is 0 Å². The molecule has 0 aliphatic heterocycles. The highest BCUT2D eigenvalue weighted by atomic mass is 31.2. The van der Waals surface area contributed by atoms with Gasteiger partial charge in [0.1, 0.15) is 0 Å². The van der Waals surface area contributed by atoms with Crippen molar-refractivity contribution >= 4 is 23.8 Å². The van der Waals surface area contributed by atoms with Crippen LogP contribution in [0.15, 0.2) is 91.0 Å². The second kappa shape index (κ2) is 8.36. The van der Waals surface area contributed by atoms with E-state index in [1.165, 1.54) is 0 Å². The lowest BCUT2D eigenvalue weighted by atomic mass is 10.0.